The maximum atomic E-state index is 15.4. The lowest BCUT2D eigenvalue weighted by atomic mass is 9.98. The number of nitrogens with zero attached hydrogens (tertiary/aromatic N) is 2. The van der Waals surface area contributed by atoms with Crippen molar-refractivity contribution >= 4 is 16.6 Å². The zero-order valence-corrected chi connectivity index (χ0v) is 16.5. The van der Waals surface area contributed by atoms with Crippen LogP contribution in [0, 0.1) is 25.6 Å². The van der Waals surface area contributed by atoms with Gasteiger partial charge in [-0.1, -0.05) is 0 Å². The number of aromatic amines is 1. The van der Waals surface area contributed by atoms with Crippen LogP contribution < -0.4 is 21.9 Å². The molecule has 1 aromatic heterocycles. The SMILES string of the molecule is Cc1c(F)c(N2CCC(CC3(N)CC3)C2)c(C)c2c1c(=O)[nH]c(=O)n2C1CC1. The summed E-state index contributed by atoms with van der Waals surface area (Å²) in [4.78, 5) is 29.5. The second kappa shape index (κ2) is 5.92. The number of hydrogen-bond acceptors (Lipinski definition) is 4. The predicted octanol–water partition coefficient (Wildman–Crippen LogP) is 2.49. The smallest absolute Gasteiger partial charge is 0.329 e. The van der Waals surface area contributed by atoms with Crippen LogP contribution in [0.1, 0.15) is 55.7 Å². The number of aryl methyl sites for hydroxylation is 2. The van der Waals surface area contributed by atoms with Gasteiger partial charge in [-0.15, -0.1) is 0 Å². The first-order chi connectivity index (χ1) is 13.3. The standard InChI is InChI=1S/C21H27FN4O2/c1-11-15-17(26(14-3-4-14)20(28)24-19(15)27)12(2)18(16(11)22)25-8-5-13(10-25)9-21(23)6-7-21/h13-14H,3-10,23H2,1-2H3,(H,24,27,28). The zero-order chi connectivity index (χ0) is 19.8. The Bertz CT molecular complexity index is 1090. The summed E-state index contributed by atoms with van der Waals surface area (Å²) in [5.41, 5.74) is 7.57. The average molecular weight is 386 g/mol. The van der Waals surface area contributed by atoms with Gasteiger partial charge in [-0.2, -0.15) is 0 Å². The Balaban J connectivity index is 1.65. The number of aromatic nitrogens is 2. The van der Waals surface area contributed by atoms with E-state index in [2.05, 4.69) is 9.88 Å². The number of hydrogen-bond donors (Lipinski definition) is 2. The van der Waals surface area contributed by atoms with Crippen molar-refractivity contribution in [2.45, 2.75) is 64.0 Å². The van der Waals surface area contributed by atoms with E-state index in [1.807, 2.05) is 6.92 Å². The van der Waals surface area contributed by atoms with Gasteiger partial charge in [-0.05, 0) is 58.3 Å². The van der Waals surface area contributed by atoms with Crippen LogP contribution in [-0.2, 0) is 0 Å². The molecule has 1 aromatic carbocycles. The van der Waals surface area contributed by atoms with Crippen LogP contribution in [0.2, 0.25) is 0 Å². The highest BCUT2D eigenvalue weighted by Crippen LogP contribution is 2.43. The number of nitrogens with two attached hydrogens (primary N) is 1. The fourth-order valence-electron chi connectivity index (χ4n) is 5.03. The molecule has 1 aliphatic heterocycles. The van der Waals surface area contributed by atoms with Gasteiger partial charge in [0, 0.05) is 35.8 Å². The molecule has 7 heteroatoms. The molecular formula is C21H27FN4O2. The molecule has 0 spiro atoms. The van der Waals surface area contributed by atoms with E-state index in [1.165, 1.54) is 0 Å². The van der Waals surface area contributed by atoms with Gasteiger partial charge in [-0.3, -0.25) is 14.3 Å². The third kappa shape index (κ3) is 2.70. The summed E-state index contributed by atoms with van der Waals surface area (Å²) in [5, 5.41) is 0.305. The average Bonchev–Trinajstić information content (AvgIpc) is 3.54. The maximum absolute atomic E-state index is 15.4. The van der Waals surface area contributed by atoms with E-state index >= 15 is 4.39 Å². The molecule has 1 saturated heterocycles. The van der Waals surface area contributed by atoms with E-state index in [0.717, 1.165) is 51.6 Å². The summed E-state index contributed by atoms with van der Waals surface area (Å²) >= 11 is 0. The van der Waals surface area contributed by atoms with Gasteiger partial charge in [0.2, 0.25) is 0 Å². The normalized spacial score (nSPS) is 23.6. The van der Waals surface area contributed by atoms with Crippen molar-refractivity contribution in [3.8, 4) is 0 Å². The molecule has 2 saturated carbocycles. The number of halogens is 1. The van der Waals surface area contributed by atoms with E-state index in [1.54, 1.807) is 11.5 Å². The number of anilines is 1. The molecule has 2 aromatic rings. The minimum Gasteiger partial charge on any atom is -0.369 e. The van der Waals surface area contributed by atoms with E-state index in [-0.39, 0.29) is 17.4 Å². The highest BCUT2D eigenvalue weighted by atomic mass is 19.1. The summed E-state index contributed by atoms with van der Waals surface area (Å²) in [5.74, 6) is 0.123. The van der Waals surface area contributed by atoms with Crippen molar-refractivity contribution < 1.29 is 4.39 Å². The molecule has 3 fully saturated rings. The third-order valence-electron chi connectivity index (χ3n) is 6.87. The Morgan fingerprint density at radius 2 is 1.89 bits per heavy atom. The highest BCUT2D eigenvalue weighted by Gasteiger charge is 2.42. The fraction of sp³-hybridized carbons (Fsp3) is 0.619. The van der Waals surface area contributed by atoms with E-state index in [0.29, 0.717) is 33.6 Å². The van der Waals surface area contributed by atoms with Crippen molar-refractivity contribution in [3.05, 3.63) is 37.8 Å². The van der Waals surface area contributed by atoms with Crippen LogP contribution >= 0.6 is 0 Å². The van der Waals surface area contributed by atoms with Gasteiger partial charge in [0.25, 0.3) is 5.56 Å². The second-order valence-electron chi connectivity index (χ2n) is 9.16. The monoisotopic (exact) mass is 386 g/mol. The largest absolute Gasteiger partial charge is 0.369 e. The summed E-state index contributed by atoms with van der Waals surface area (Å²) in [7, 11) is 0. The minimum absolute atomic E-state index is 0.00663. The van der Waals surface area contributed by atoms with Crippen LogP contribution in [0.5, 0.6) is 0 Å². The fourth-order valence-corrected chi connectivity index (χ4v) is 5.03. The Morgan fingerprint density at radius 1 is 1.18 bits per heavy atom. The lowest BCUT2D eigenvalue weighted by Crippen LogP contribution is -2.32. The van der Waals surface area contributed by atoms with Gasteiger partial charge >= 0.3 is 5.69 Å². The summed E-state index contributed by atoms with van der Waals surface area (Å²) in [6.45, 7) is 5.04. The van der Waals surface area contributed by atoms with Gasteiger partial charge in [0.05, 0.1) is 16.6 Å². The topological polar surface area (TPSA) is 84.1 Å². The highest BCUT2D eigenvalue weighted by molar-refractivity contribution is 5.90. The Labute approximate surface area is 162 Å². The van der Waals surface area contributed by atoms with Crippen LogP contribution in [0.25, 0.3) is 10.9 Å². The van der Waals surface area contributed by atoms with Crippen molar-refractivity contribution in [2.75, 3.05) is 18.0 Å². The summed E-state index contributed by atoms with van der Waals surface area (Å²) in [6, 6.07) is 0.0987. The number of benzene rings is 1. The second-order valence-corrected chi connectivity index (χ2v) is 9.16. The molecule has 1 atom stereocenters. The van der Waals surface area contributed by atoms with Crippen molar-refractivity contribution in [1.29, 1.82) is 0 Å². The van der Waals surface area contributed by atoms with Crippen LogP contribution in [0.15, 0.2) is 9.59 Å². The van der Waals surface area contributed by atoms with E-state index < -0.39 is 11.2 Å². The molecule has 0 bridgehead atoms. The first kappa shape index (κ1) is 17.9. The van der Waals surface area contributed by atoms with Crippen molar-refractivity contribution in [2.24, 2.45) is 11.7 Å². The van der Waals surface area contributed by atoms with Crippen LogP contribution in [0.3, 0.4) is 0 Å². The summed E-state index contributed by atoms with van der Waals surface area (Å²) in [6.07, 6.45) is 5.99. The van der Waals surface area contributed by atoms with Gasteiger partial charge in [-0.25, -0.2) is 9.18 Å². The Morgan fingerprint density at radius 3 is 2.54 bits per heavy atom. The Kier molecular flexibility index (Phi) is 3.79. The molecule has 28 heavy (non-hydrogen) atoms. The van der Waals surface area contributed by atoms with Crippen LogP contribution in [0.4, 0.5) is 10.1 Å². The number of rotatable bonds is 4. The van der Waals surface area contributed by atoms with Gasteiger partial charge in [0.1, 0.15) is 0 Å². The molecular weight excluding hydrogens is 359 g/mol. The molecule has 6 nitrogen and oxygen atoms in total. The third-order valence-corrected chi connectivity index (χ3v) is 6.87. The minimum atomic E-state index is -0.499. The molecule has 3 N–H and O–H groups in total. The van der Waals surface area contributed by atoms with Gasteiger partial charge < -0.3 is 10.6 Å². The quantitative estimate of drug-likeness (QED) is 0.846. The molecule has 0 radical (unpaired) electrons. The van der Waals surface area contributed by atoms with Gasteiger partial charge in [0.15, 0.2) is 5.82 Å². The van der Waals surface area contributed by atoms with Crippen molar-refractivity contribution in [1.82, 2.24) is 9.55 Å². The molecule has 5 rings (SSSR count). The molecule has 150 valence electrons. The first-order valence-electron chi connectivity index (χ1n) is 10.3. The molecule has 1 unspecified atom stereocenters. The number of fused-ring (bicyclic) bond motifs is 1. The summed E-state index contributed by atoms with van der Waals surface area (Å²) < 4.78 is 17.1. The molecule has 2 heterocycles. The Hall–Kier alpha value is -2.15. The lowest BCUT2D eigenvalue weighted by molar-refractivity contribution is 0.455. The molecule has 3 aliphatic rings. The van der Waals surface area contributed by atoms with Crippen molar-refractivity contribution in [3.63, 3.8) is 0 Å². The van der Waals surface area contributed by atoms with E-state index in [9.17, 15) is 9.59 Å². The number of nitrogens with one attached hydrogen (secondary N) is 1. The maximum Gasteiger partial charge on any atom is 0.329 e. The lowest BCUT2D eigenvalue weighted by Gasteiger charge is -2.25. The predicted molar refractivity (Wildman–Crippen MR) is 108 cm³/mol. The molecule has 2 aliphatic carbocycles. The van der Waals surface area contributed by atoms with Crippen LogP contribution in [-0.4, -0.2) is 28.2 Å². The zero-order valence-electron chi connectivity index (χ0n) is 16.5. The van der Waals surface area contributed by atoms with E-state index in [4.69, 9.17) is 5.73 Å². The number of H-pyrrole nitrogens is 1. The first-order valence-corrected chi connectivity index (χ1v) is 10.3. The molecule has 0 amide bonds.